The van der Waals surface area contributed by atoms with Gasteiger partial charge in [0.2, 0.25) is 21.8 Å². The van der Waals surface area contributed by atoms with Crippen LogP contribution in [0.5, 0.6) is 0 Å². The van der Waals surface area contributed by atoms with Crippen molar-refractivity contribution in [1.82, 2.24) is 19.8 Å². The third-order valence-corrected chi connectivity index (χ3v) is 11.2. The Balaban J connectivity index is 1.20. The predicted octanol–water partition coefficient (Wildman–Crippen LogP) is 2.22. The molecule has 3 aliphatic carbocycles. The van der Waals surface area contributed by atoms with Crippen LogP contribution in [0.3, 0.4) is 0 Å². The molecule has 3 fully saturated rings. The number of allylic oxidation sites excluding steroid dienone is 1. The molecule has 0 spiro atoms. The quantitative estimate of drug-likeness (QED) is 0.506. The van der Waals surface area contributed by atoms with Gasteiger partial charge in [0, 0.05) is 32.6 Å². The number of amides is 4. The molecule has 2 heterocycles. The van der Waals surface area contributed by atoms with E-state index < -0.39 is 56.7 Å². The molecule has 0 saturated heterocycles. The van der Waals surface area contributed by atoms with Crippen LogP contribution in [-0.4, -0.2) is 72.5 Å². The van der Waals surface area contributed by atoms with Gasteiger partial charge in [0.05, 0.1) is 17.1 Å². The number of fused-ring (bicyclic) bond motifs is 3. The number of nitrogens with zero attached hydrogens (tertiary/aromatic N) is 2. The number of rotatable bonds is 4. The molecule has 12 heteroatoms. The fraction of sp³-hybridized carbons (Fsp3) is 0.600. The number of hydrogen-bond acceptors (Lipinski definition) is 7. The minimum Gasteiger partial charge on any atom is -0.446 e. The summed E-state index contributed by atoms with van der Waals surface area (Å²) in [6.45, 7) is 1.42. The summed E-state index contributed by atoms with van der Waals surface area (Å²) in [6, 6.07) is 7.80. The zero-order valence-corrected chi connectivity index (χ0v) is 24.6. The lowest BCUT2D eigenvalue weighted by atomic mass is 9.93. The Hall–Kier alpha value is -3.41. The first kappa shape index (κ1) is 28.7. The zero-order chi connectivity index (χ0) is 29.6. The van der Waals surface area contributed by atoms with E-state index in [9.17, 15) is 27.6 Å². The second-order valence-corrected chi connectivity index (χ2v) is 14.4. The molecule has 5 atom stereocenters. The van der Waals surface area contributed by atoms with Crippen LogP contribution in [0.4, 0.5) is 4.79 Å². The van der Waals surface area contributed by atoms with Gasteiger partial charge in [0.1, 0.15) is 11.6 Å². The average molecular weight is 599 g/mol. The molecule has 1 aromatic rings. The zero-order valence-electron chi connectivity index (χ0n) is 23.8. The van der Waals surface area contributed by atoms with E-state index in [1.807, 2.05) is 36.4 Å². The highest BCUT2D eigenvalue weighted by Gasteiger charge is 2.62. The molecule has 2 aliphatic heterocycles. The van der Waals surface area contributed by atoms with Crippen LogP contribution < -0.4 is 10.0 Å². The second kappa shape index (κ2) is 11.0. The summed E-state index contributed by atoms with van der Waals surface area (Å²) in [5, 5.41) is 2.28. The molecule has 1 aromatic carbocycles. The minimum atomic E-state index is -3.81. The van der Waals surface area contributed by atoms with Crippen molar-refractivity contribution >= 4 is 33.8 Å². The number of hydrogen-bond donors (Lipinski definition) is 2. The van der Waals surface area contributed by atoms with Gasteiger partial charge in [-0.2, -0.15) is 0 Å². The van der Waals surface area contributed by atoms with E-state index in [-0.39, 0.29) is 31.1 Å². The summed E-state index contributed by atoms with van der Waals surface area (Å²) in [5.41, 5.74) is 0.728. The standard InChI is InChI=1S/C30H38N4O7S/c1-33-13-7-3-2-4-10-21-16-30(21,28(37)32-42(39,40)23-11-12-23)31-26(35)24-14-22(15-25(24)27(33)36)41-29(38)34-17-19-8-5-6-9-20(19)18-34/h4-6,8-10,21-25H,2-3,7,11-18H2,1H3,(H,31,35)(H,32,37)/b10-4-. The van der Waals surface area contributed by atoms with Crippen LogP contribution in [0.25, 0.3) is 0 Å². The summed E-state index contributed by atoms with van der Waals surface area (Å²) in [7, 11) is -2.09. The van der Waals surface area contributed by atoms with Crippen LogP contribution in [-0.2, 0) is 42.2 Å². The largest absolute Gasteiger partial charge is 0.446 e. The number of sulfonamides is 1. The topological polar surface area (TPSA) is 142 Å². The van der Waals surface area contributed by atoms with E-state index in [1.165, 1.54) is 0 Å². The van der Waals surface area contributed by atoms with Crippen LogP contribution >= 0.6 is 0 Å². The molecule has 0 radical (unpaired) electrons. The molecule has 5 aliphatic rings. The van der Waals surface area contributed by atoms with Crippen molar-refractivity contribution in [3.63, 3.8) is 0 Å². The van der Waals surface area contributed by atoms with Gasteiger partial charge in [-0.1, -0.05) is 36.4 Å². The minimum absolute atomic E-state index is 0.140. The molecule has 5 unspecified atom stereocenters. The van der Waals surface area contributed by atoms with E-state index in [2.05, 4.69) is 10.0 Å². The first-order valence-electron chi connectivity index (χ1n) is 14.9. The molecular formula is C30H38N4O7S. The molecular weight excluding hydrogens is 560 g/mol. The van der Waals surface area contributed by atoms with Crippen molar-refractivity contribution < 1.29 is 32.3 Å². The first-order chi connectivity index (χ1) is 20.1. The Morgan fingerprint density at radius 2 is 1.74 bits per heavy atom. The van der Waals surface area contributed by atoms with Crippen molar-refractivity contribution in [2.24, 2.45) is 17.8 Å². The van der Waals surface area contributed by atoms with Gasteiger partial charge in [-0.3, -0.25) is 24.0 Å². The summed E-state index contributed by atoms with van der Waals surface area (Å²) in [6.07, 6.45) is 6.70. The highest BCUT2D eigenvalue weighted by atomic mass is 32.2. The number of benzene rings is 1. The molecule has 0 bridgehead atoms. The second-order valence-electron chi connectivity index (χ2n) is 12.4. The van der Waals surface area contributed by atoms with Gasteiger partial charge in [0.15, 0.2) is 0 Å². The highest BCUT2D eigenvalue weighted by Crippen LogP contribution is 2.47. The summed E-state index contributed by atoms with van der Waals surface area (Å²) in [4.78, 5) is 57.1. The van der Waals surface area contributed by atoms with Gasteiger partial charge in [-0.05, 0) is 62.5 Å². The Morgan fingerprint density at radius 3 is 2.43 bits per heavy atom. The number of ether oxygens (including phenoxy) is 1. The van der Waals surface area contributed by atoms with Crippen molar-refractivity contribution in [3.05, 3.63) is 47.5 Å². The van der Waals surface area contributed by atoms with Crippen LogP contribution in [0.1, 0.15) is 62.5 Å². The summed E-state index contributed by atoms with van der Waals surface area (Å²) >= 11 is 0. The molecule has 226 valence electrons. The lowest BCUT2D eigenvalue weighted by molar-refractivity contribution is -0.140. The van der Waals surface area contributed by atoms with Crippen LogP contribution in [0, 0.1) is 17.8 Å². The van der Waals surface area contributed by atoms with Gasteiger partial charge in [-0.25, -0.2) is 13.2 Å². The maximum Gasteiger partial charge on any atom is 0.410 e. The van der Waals surface area contributed by atoms with Crippen molar-refractivity contribution in [2.45, 2.75) is 81.3 Å². The SMILES string of the molecule is CN1CCCC/C=C\C2CC2(C(=O)NS(=O)(=O)C2CC2)NC(=O)C2CC(OC(=O)N3Cc4ccccc4C3)CC2C1=O. The number of carbonyl (C=O) groups excluding carboxylic acids is 4. The Morgan fingerprint density at radius 1 is 1.05 bits per heavy atom. The molecule has 2 N–H and O–H groups in total. The molecule has 0 aromatic heterocycles. The van der Waals surface area contributed by atoms with Gasteiger partial charge in [-0.15, -0.1) is 0 Å². The van der Waals surface area contributed by atoms with Crippen LogP contribution in [0.2, 0.25) is 0 Å². The third-order valence-electron chi connectivity index (χ3n) is 9.36. The normalized spacial score (nSPS) is 32.1. The third kappa shape index (κ3) is 5.65. The van der Waals surface area contributed by atoms with E-state index in [0.717, 1.165) is 30.4 Å². The van der Waals surface area contributed by atoms with Crippen molar-refractivity contribution in [3.8, 4) is 0 Å². The highest BCUT2D eigenvalue weighted by molar-refractivity contribution is 7.91. The Labute approximate surface area is 246 Å². The Bertz CT molecular complexity index is 1400. The number of nitrogens with one attached hydrogen (secondary N) is 2. The summed E-state index contributed by atoms with van der Waals surface area (Å²) in [5.74, 6) is -3.33. The molecule has 3 saturated carbocycles. The number of carbonyl (C=O) groups is 4. The van der Waals surface area contributed by atoms with Crippen molar-refractivity contribution in [2.75, 3.05) is 13.6 Å². The fourth-order valence-corrected chi connectivity index (χ4v) is 7.93. The van der Waals surface area contributed by atoms with E-state index in [4.69, 9.17) is 4.74 Å². The molecule has 4 amide bonds. The lowest BCUT2D eigenvalue weighted by Gasteiger charge is -2.26. The van der Waals surface area contributed by atoms with Gasteiger partial charge < -0.3 is 15.0 Å². The van der Waals surface area contributed by atoms with E-state index >= 15 is 0 Å². The van der Waals surface area contributed by atoms with E-state index in [1.54, 1.807) is 16.8 Å². The molecule has 6 rings (SSSR count). The fourth-order valence-electron chi connectivity index (χ4n) is 6.57. The van der Waals surface area contributed by atoms with Crippen molar-refractivity contribution in [1.29, 1.82) is 0 Å². The van der Waals surface area contributed by atoms with Gasteiger partial charge in [0.25, 0.3) is 5.91 Å². The average Bonchev–Trinajstić information content (AvgIpc) is 3.84. The first-order valence-corrected chi connectivity index (χ1v) is 16.4. The van der Waals surface area contributed by atoms with Gasteiger partial charge >= 0.3 is 6.09 Å². The smallest absolute Gasteiger partial charge is 0.410 e. The molecule has 42 heavy (non-hydrogen) atoms. The molecule has 11 nitrogen and oxygen atoms in total. The van der Waals surface area contributed by atoms with Crippen LogP contribution in [0.15, 0.2) is 36.4 Å². The summed E-state index contributed by atoms with van der Waals surface area (Å²) < 4.78 is 33.2. The Kier molecular flexibility index (Phi) is 7.53. The maximum atomic E-state index is 13.8. The maximum absolute atomic E-state index is 13.8. The van der Waals surface area contributed by atoms with E-state index in [0.29, 0.717) is 32.5 Å². The lowest BCUT2D eigenvalue weighted by Crippen LogP contribution is -2.54. The monoisotopic (exact) mass is 598 g/mol. The predicted molar refractivity (Wildman–Crippen MR) is 152 cm³/mol.